The number of carbonyl (C=O) groups excluding carboxylic acids is 2. The lowest BCUT2D eigenvalue weighted by atomic mass is 10.1. The molecule has 0 bridgehead atoms. The molecular weight excluding hydrogens is 428 g/mol. The van der Waals surface area contributed by atoms with E-state index >= 15 is 0 Å². The maximum absolute atomic E-state index is 13.0. The van der Waals surface area contributed by atoms with Crippen LogP contribution in [-0.4, -0.2) is 31.4 Å². The molecule has 166 valence electrons. The van der Waals surface area contributed by atoms with Crippen molar-refractivity contribution < 1.29 is 9.59 Å². The molecule has 2 amide bonds. The predicted octanol–water partition coefficient (Wildman–Crippen LogP) is 3.80. The number of nitrogens with one attached hydrogen (secondary N) is 2. The Morgan fingerprint density at radius 1 is 0.647 bits per heavy atom. The Labute approximate surface area is 195 Å². The van der Waals surface area contributed by atoms with Gasteiger partial charge in [-0.25, -0.2) is 9.36 Å². The second-order valence-electron chi connectivity index (χ2n) is 7.45. The Balaban J connectivity index is 1.36. The molecule has 0 saturated carbocycles. The van der Waals surface area contributed by atoms with Crippen LogP contribution in [0.2, 0.25) is 0 Å². The summed E-state index contributed by atoms with van der Waals surface area (Å²) >= 11 is 0. The Morgan fingerprint density at radius 3 is 1.85 bits per heavy atom. The van der Waals surface area contributed by atoms with Crippen LogP contribution in [-0.2, 0) is 0 Å². The first-order valence-corrected chi connectivity index (χ1v) is 10.6. The van der Waals surface area contributed by atoms with Gasteiger partial charge in [0.1, 0.15) is 5.69 Å². The summed E-state index contributed by atoms with van der Waals surface area (Å²) in [6, 6.07) is 28.4. The topological polar surface area (TPSA) is 93.8 Å². The molecule has 8 nitrogen and oxygen atoms in total. The molecule has 0 saturated heterocycles. The molecule has 8 heteroatoms. The number of hydrazine groups is 1. The van der Waals surface area contributed by atoms with Gasteiger partial charge in [0.2, 0.25) is 0 Å². The third kappa shape index (κ3) is 4.33. The first-order chi connectivity index (χ1) is 16.7. The van der Waals surface area contributed by atoms with E-state index in [9.17, 15) is 9.59 Å². The molecule has 0 aliphatic heterocycles. The summed E-state index contributed by atoms with van der Waals surface area (Å²) in [5.41, 5.74) is 8.53. The van der Waals surface area contributed by atoms with E-state index in [1.54, 1.807) is 21.8 Å². The lowest BCUT2D eigenvalue weighted by Crippen LogP contribution is -2.41. The second kappa shape index (κ2) is 9.25. The Hall–Kier alpha value is -4.98. The van der Waals surface area contributed by atoms with Gasteiger partial charge in [-0.2, -0.15) is 10.2 Å². The van der Waals surface area contributed by atoms with Crippen molar-refractivity contribution in [3.8, 4) is 22.6 Å². The van der Waals surface area contributed by atoms with E-state index in [-0.39, 0.29) is 0 Å². The van der Waals surface area contributed by atoms with Crippen molar-refractivity contribution in [1.29, 1.82) is 0 Å². The van der Waals surface area contributed by atoms with E-state index in [4.69, 9.17) is 0 Å². The molecule has 5 aromatic rings. The average Bonchev–Trinajstić information content (AvgIpc) is 3.57. The van der Waals surface area contributed by atoms with E-state index in [1.807, 2.05) is 91.0 Å². The van der Waals surface area contributed by atoms with Crippen molar-refractivity contribution in [1.82, 2.24) is 30.4 Å². The van der Waals surface area contributed by atoms with Gasteiger partial charge in [0.15, 0.2) is 0 Å². The average molecular weight is 448 g/mol. The third-order valence-corrected chi connectivity index (χ3v) is 5.18. The van der Waals surface area contributed by atoms with Crippen LogP contribution in [0.3, 0.4) is 0 Å². The number of amides is 2. The van der Waals surface area contributed by atoms with E-state index in [1.165, 1.54) is 6.20 Å². The number of carbonyl (C=O) groups is 2. The molecule has 0 radical (unpaired) electrons. The summed E-state index contributed by atoms with van der Waals surface area (Å²) in [6.07, 6.45) is 4.68. The highest BCUT2D eigenvalue weighted by atomic mass is 16.2. The molecular formula is C26H20N6O2. The van der Waals surface area contributed by atoms with Gasteiger partial charge < -0.3 is 0 Å². The highest BCUT2D eigenvalue weighted by Crippen LogP contribution is 2.23. The van der Waals surface area contributed by atoms with Gasteiger partial charge >= 0.3 is 0 Å². The number of hydrogen-bond donors (Lipinski definition) is 2. The van der Waals surface area contributed by atoms with Gasteiger partial charge in [-0.15, -0.1) is 0 Å². The van der Waals surface area contributed by atoms with Gasteiger partial charge in [0, 0.05) is 18.0 Å². The highest BCUT2D eigenvalue weighted by Gasteiger charge is 2.19. The summed E-state index contributed by atoms with van der Waals surface area (Å²) in [4.78, 5) is 25.7. The fourth-order valence-corrected chi connectivity index (χ4v) is 3.48. The summed E-state index contributed by atoms with van der Waals surface area (Å²) in [5, 5.41) is 8.84. The normalized spacial score (nSPS) is 10.6. The molecule has 2 N–H and O–H groups in total. The van der Waals surface area contributed by atoms with Crippen molar-refractivity contribution in [2.75, 3.05) is 0 Å². The molecule has 0 spiro atoms. The first-order valence-electron chi connectivity index (χ1n) is 10.6. The fraction of sp³-hybridized carbons (Fsp3) is 0. The lowest BCUT2D eigenvalue weighted by molar-refractivity contribution is 0.0847. The molecule has 0 aliphatic rings. The molecule has 5 rings (SSSR count). The van der Waals surface area contributed by atoms with Crippen molar-refractivity contribution in [3.05, 3.63) is 121 Å². The molecule has 2 heterocycles. The SMILES string of the molecule is O=C(NNC(=O)c1cn(-c2ccccc2)nc1-c1ccccc1)c1cnn(-c2ccccc2)c1. The summed E-state index contributed by atoms with van der Waals surface area (Å²) in [5.74, 6) is -0.961. The Morgan fingerprint density at radius 2 is 1.21 bits per heavy atom. The maximum Gasteiger partial charge on any atom is 0.273 e. The van der Waals surface area contributed by atoms with Crippen molar-refractivity contribution in [2.24, 2.45) is 0 Å². The van der Waals surface area contributed by atoms with Crippen LogP contribution in [0, 0.1) is 0 Å². The molecule has 0 atom stereocenters. The minimum atomic E-state index is -0.482. The molecule has 0 unspecified atom stereocenters. The van der Waals surface area contributed by atoms with Gasteiger partial charge in [-0.1, -0.05) is 66.7 Å². The van der Waals surface area contributed by atoms with Crippen LogP contribution in [0.5, 0.6) is 0 Å². The van der Waals surface area contributed by atoms with Gasteiger partial charge in [0.05, 0.1) is 28.7 Å². The number of aromatic nitrogens is 4. The van der Waals surface area contributed by atoms with Gasteiger partial charge in [-0.3, -0.25) is 20.4 Å². The van der Waals surface area contributed by atoms with E-state index in [2.05, 4.69) is 21.0 Å². The lowest BCUT2D eigenvalue weighted by Gasteiger charge is -2.06. The number of benzene rings is 3. The zero-order valence-electron chi connectivity index (χ0n) is 18.0. The van der Waals surface area contributed by atoms with Gasteiger partial charge in [0.25, 0.3) is 11.8 Å². The van der Waals surface area contributed by atoms with Crippen LogP contribution in [0.15, 0.2) is 110 Å². The first kappa shape index (κ1) is 20.9. The number of para-hydroxylation sites is 2. The molecule has 0 fully saturated rings. The van der Waals surface area contributed by atoms with Crippen LogP contribution in [0.25, 0.3) is 22.6 Å². The Kier molecular flexibility index (Phi) is 5.69. The second-order valence-corrected chi connectivity index (χ2v) is 7.45. The monoisotopic (exact) mass is 448 g/mol. The van der Waals surface area contributed by atoms with Crippen LogP contribution >= 0.6 is 0 Å². The summed E-state index contributed by atoms with van der Waals surface area (Å²) < 4.78 is 3.23. The maximum atomic E-state index is 13.0. The standard InChI is InChI=1S/C26H20N6O2/c33-25(20-16-27-31(17-20)21-12-6-2-7-13-21)28-29-26(34)23-18-32(22-14-8-3-9-15-22)30-24(23)19-10-4-1-5-11-19/h1-18H,(H,28,33)(H,29,34). The van der Waals surface area contributed by atoms with Crippen LogP contribution in [0.1, 0.15) is 20.7 Å². The fourth-order valence-electron chi connectivity index (χ4n) is 3.48. The minimum absolute atomic E-state index is 0.312. The number of rotatable bonds is 5. The van der Waals surface area contributed by atoms with Crippen molar-refractivity contribution in [3.63, 3.8) is 0 Å². The molecule has 3 aromatic carbocycles. The quantitative estimate of drug-likeness (QED) is 0.400. The zero-order chi connectivity index (χ0) is 23.3. The van der Waals surface area contributed by atoms with Crippen molar-refractivity contribution in [2.45, 2.75) is 0 Å². The van der Waals surface area contributed by atoms with E-state index < -0.39 is 11.8 Å². The van der Waals surface area contributed by atoms with E-state index in [0.29, 0.717) is 16.8 Å². The van der Waals surface area contributed by atoms with Crippen LogP contribution < -0.4 is 10.9 Å². The zero-order valence-corrected chi connectivity index (χ0v) is 18.0. The predicted molar refractivity (Wildman–Crippen MR) is 127 cm³/mol. The smallest absolute Gasteiger partial charge is 0.267 e. The number of nitrogens with zero attached hydrogens (tertiary/aromatic N) is 4. The van der Waals surface area contributed by atoms with Crippen LogP contribution in [0.4, 0.5) is 0 Å². The summed E-state index contributed by atoms with van der Waals surface area (Å²) in [6.45, 7) is 0. The van der Waals surface area contributed by atoms with Crippen molar-refractivity contribution >= 4 is 11.8 Å². The van der Waals surface area contributed by atoms with E-state index in [0.717, 1.165) is 16.9 Å². The number of hydrogen-bond acceptors (Lipinski definition) is 4. The largest absolute Gasteiger partial charge is 0.273 e. The summed E-state index contributed by atoms with van der Waals surface area (Å²) in [7, 11) is 0. The molecule has 2 aromatic heterocycles. The Bertz CT molecular complexity index is 1430. The van der Waals surface area contributed by atoms with Gasteiger partial charge in [-0.05, 0) is 24.3 Å². The third-order valence-electron chi connectivity index (χ3n) is 5.18. The highest BCUT2D eigenvalue weighted by molar-refractivity contribution is 6.02. The molecule has 34 heavy (non-hydrogen) atoms. The minimum Gasteiger partial charge on any atom is -0.267 e. The molecule has 0 aliphatic carbocycles.